The third-order valence-electron chi connectivity index (χ3n) is 2.51. The van der Waals surface area contributed by atoms with Crippen molar-refractivity contribution in [1.29, 1.82) is 0 Å². The summed E-state index contributed by atoms with van der Waals surface area (Å²) in [6.45, 7) is 1.66. The molecule has 1 aliphatic rings. The molecule has 0 bridgehead atoms. The number of hydrogen-bond donors (Lipinski definition) is 2. The Balaban J connectivity index is 2.20. The van der Waals surface area contributed by atoms with Crippen LogP contribution in [-0.2, 0) is 4.79 Å². The van der Waals surface area contributed by atoms with E-state index in [-0.39, 0.29) is 0 Å². The summed E-state index contributed by atoms with van der Waals surface area (Å²) in [6.07, 6.45) is 10.5. The Morgan fingerprint density at radius 3 is 2.29 bits per heavy atom. The normalized spacial score (nSPS) is 22.1. The average molecular weight is 198 g/mol. The van der Waals surface area contributed by atoms with E-state index < -0.39 is 0 Å². The number of hydrazine groups is 2. The summed E-state index contributed by atoms with van der Waals surface area (Å²) >= 11 is 0. The van der Waals surface area contributed by atoms with Gasteiger partial charge in [-0.05, 0) is 12.8 Å². The Hall–Kier alpha value is -0.610. The second-order valence-corrected chi connectivity index (χ2v) is 3.76. The molecule has 1 rings (SSSR count). The van der Waals surface area contributed by atoms with Gasteiger partial charge in [-0.2, -0.15) is 5.53 Å². The van der Waals surface area contributed by atoms with Gasteiger partial charge < -0.3 is 0 Å². The fourth-order valence-corrected chi connectivity index (χ4v) is 1.64. The Kier molecular flexibility index (Phi) is 6.36. The van der Waals surface area contributed by atoms with Crippen molar-refractivity contribution >= 4 is 6.41 Å². The molecule has 0 unspecified atom stereocenters. The number of nitrogens with one attached hydrogen (secondary N) is 2. The van der Waals surface area contributed by atoms with E-state index in [0.29, 0.717) is 0 Å². The molecule has 4 heteroatoms. The van der Waals surface area contributed by atoms with E-state index in [1.807, 2.05) is 6.41 Å². The topological polar surface area (TPSA) is 44.4 Å². The van der Waals surface area contributed by atoms with Gasteiger partial charge in [-0.3, -0.25) is 9.80 Å². The summed E-state index contributed by atoms with van der Waals surface area (Å²) in [5.74, 6) is 0. The molecular formula is C10H20N3O. The van der Waals surface area contributed by atoms with E-state index in [1.165, 1.54) is 43.5 Å². The van der Waals surface area contributed by atoms with Crippen molar-refractivity contribution in [2.75, 3.05) is 13.1 Å². The van der Waals surface area contributed by atoms with E-state index in [4.69, 9.17) is 0 Å². The van der Waals surface area contributed by atoms with Crippen LogP contribution in [0.2, 0.25) is 0 Å². The summed E-state index contributed by atoms with van der Waals surface area (Å²) in [5, 5.41) is 1.46. The molecule has 0 aromatic rings. The lowest BCUT2D eigenvalue weighted by Crippen LogP contribution is -2.47. The predicted octanol–water partition coefficient (Wildman–Crippen LogP) is 1.11. The lowest BCUT2D eigenvalue weighted by atomic mass is 10.1. The highest BCUT2D eigenvalue weighted by molar-refractivity contribution is 5.46. The summed E-state index contributed by atoms with van der Waals surface area (Å²) in [4.78, 5) is 10.5. The first-order valence-corrected chi connectivity index (χ1v) is 5.57. The maximum absolute atomic E-state index is 10.5. The maximum Gasteiger partial charge on any atom is 0.328 e. The van der Waals surface area contributed by atoms with Gasteiger partial charge >= 0.3 is 6.41 Å². The second-order valence-electron chi connectivity index (χ2n) is 3.76. The first-order chi connectivity index (χ1) is 6.93. The van der Waals surface area contributed by atoms with Crippen LogP contribution in [0.4, 0.5) is 0 Å². The standard InChI is InChI=1S/C10H20N3O/c14-10-13-9-7-5-3-1-2-4-6-8-11-12-13/h11-12H,1-9H2. The van der Waals surface area contributed by atoms with Crippen molar-refractivity contribution < 1.29 is 4.79 Å². The molecule has 1 aliphatic heterocycles. The van der Waals surface area contributed by atoms with Crippen molar-refractivity contribution in [3.8, 4) is 0 Å². The van der Waals surface area contributed by atoms with E-state index in [9.17, 15) is 4.79 Å². The van der Waals surface area contributed by atoms with Crippen molar-refractivity contribution in [2.24, 2.45) is 0 Å². The molecule has 0 aromatic heterocycles. The molecule has 1 heterocycles. The SMILES string of the molecule is O=[C]N1CCCCCCCCCNN1. The highest BCUT2D eigenvalue weighted by Gasteiger charge is 2.02. The predicted molar refractivity (Wildman–Crippen MR) is 55.9 cm³/mol. The minimum absolute atomic E-state index is 0.747. The van der Waals surface area contributed by atoms with Gasteiger partial charge in [-0.25, -0.2) is 5.43 Å². The fraction of sp³-hybridized carbons (Fsp3) is 0.900. The molecule has 0 saturated carbocycles. The van der Waals surface area contributed by atoms with Crippen molar-refractivity contribution in [1.82, 2.24) is 16.0 Å². The van der Waals surface area contributed by atoms with Gasteiger partial charge in [-0.1, -0.05) is 32.1 Å². The minimum atomic E-state index is 0.747. The zero-order valence-electron chi connectivity index (χ0n) is 8.72. The number of amides is 1. The summed E-state index contributed by atoms with van der Waals surface area (Å²) in [7, 11) is 0. The van der Waals surface area contributed by atoms with Crippen LogP contribution in [-0.4, -0.2) is 24.5 Å². The Morgan fingerprint density at radius 2 is 1.57 bits per heavy atom. The van der Waals surface area contributed by atoms with E-state index >= 15 is 0 Å². The van der Waals surface area contributed by atoms with Crippen LogP contribution in [0.25, 0.3) is 0 Å². The van der Waals surface area contributed by atoms with Crippen LogP contribution in [0, 0.1) is 0 Å². The Labute approximate surface area is 86.0 Å². The van der Waals surface area contributed by atoms with Gasteiger partial charge in [0.25, 0.3) is 0 Å². The van der Waals surface area contributed by atoms with Crippen molar-refractivity contribution in [2.45, 2.75) is 44.9 Å². The van der Waals surface area contributed by atoms with Crippen LogP contribution in [0.5, 0.6) is 0 Å². The fourth-order valence-electron chi connectivity index (χ4n) is 1.64. The van der Waals surface area contributed by atoms with Gasteiger partial charge in [0.1, 0.15) is 0 Å². The molecule has 0 aliphatic carbocycles. The van der Waals surface area contributed by atoms with Crippen LogP contribution < -0.4 is 11.0 Å². The van der Waals surface area contributed by atoms with Crippen molar-refractivity contribution in [3.63, 3.8) is 0 Å². The summed E-state index contributed by atoms with van der Waals surface area (Å²) in [6, 6.07) is 0. The summed E-state index contributed by atoms with van der Waals surface area (Å²) in [5.41, 5.74) is 5.86. The minimum Gasteiger partial charge on any atom is -0.262 e. The highest BCUT2D eigenvalue weighted by atomic mass is 16.1. The highest BCUT2D eigenvalue weighted by Crippen LogP contribution is 2.07. The smallest absolute Gasteiger partial charge is 0.262 e. The van der Waals surface area contributed by atoms with E-state index in [1.54, 1.807) is 0 Å². The lowest BCUT2D eigenvalue weighted by Gasteiger charge is -2.18. The van der Waals surface area contributed by atoms with E-state index in [0.717, 1.165) is 19.5 Å². The monoisotopic (exact) mass is 198 g/mol. The largest absolute Gasteiger partial charge is 0.328 e. The molecule has 1 radical (unpaired) electrons. The van der Waals surface area contributed by atoms with Gasteiger partial charge in [0.2, 0.25) is 0 Å². The molecule has 0 spiro atoms. The molecule has 4 nitrogen and oxygen atoms in total. The number of nitrogens with zero attached hydrogens (tertiary/aromatic N) is 1. The van der Waals surface area contributed by atoms with Gasteiger partial charge in [0, 0.05) is 13.1 Å². The lowest BCUT2D eigenvalue weighted by molar-refractivity contribution is 0.233. The molecule has 81 valence electrons. The van der Waals surface area contributed by atoms with E-state index in [2.05, 4.69) is 11.0 Å². The van der Waals surface area contributed by atoms with Gasteiger partial charge in [0.05, 0.1) is 0 Å². The zero-order valence-corrected chi connectivity index (χ0v) is 8.72. The van der Waals surface area contributed by atoms with Crippen LogP contribution in [0.3, 0.4) is 0 Å². The van der Waals surface area contributed by atoms with Crippen LogP contribution in [0.15, 0.2) is 0 Å². The molecule has 1 fully saturated rings. The Morgan fingerprint density at radius 1 is 0.929 bits per heavy atom. The third kappa shape index (κ3) is 5.19. The first kappa shape index (κ1) is 11.5. The third-order valence-corrected chi connectivity index (χ3v) is 2.51. The number of rotatable bonds is 1. The molecular weight excluding hydrogens is 178 g/mol. The second kappa shape index (κ2) is 7.76. The average Bonchev–Trinajstić information content (AvgIpc) is 2.19. The molecule has 1 saturated heterocycles. The van der Waals surface area contributed by atoms with Crippen molar-refractivity contribution in [3.05, 3.63) is 0 Å². The molecule has 14 heavy (non-hydrogen) atoms. The molecule has 0 atom stereocenters. The van der Waals surface area contributed by atoms with Crippen LogP contribution in [0.1, 0.15) is 44.9 Å². The number of hydrogen-bond acceptors (Lipinski definition) is 3. The zero-order chi connectivity index (χ0) is 10.1. The van der Waals surface area contributed by atoms with Gasteiger partial charge in [-0.15, -0.1) is 0 Å². The van der Waals surface area contributed by atoms with Crippen LogP contribution >= 0.6 is 0 Å². The summed E-state index contributed by atoms with van der Waals surface area (Å²) < 4.78 is 0. The Bertz CT molecular complexity index is 140. The molecule has 1 amide bonds. The molecule has 2 N–H and O–H groups in total. The molecule has 0 aromatic carbocycles. The number of carbonyl (C=O) groups excluding carboxylic acids is 1. The van der Waals surface area contributed by atoms with Gasteiger partial charge in [0.15, 0.2) is 0 Å². The quantitative estimate of drug-likeness (QED) is 0.663. The first-order valence-electron chi connectivity index (χ1n) is 5.57. The maximum atomic E-state index is 10.5.